The molecule has 1 unspecified atom stereocenters. The third kappa shape index (κ3) is 11.5. The van der Waals surface area contributed by atoms with E-state index in [-0.39, 0.29) is 16.9 Å². The molecule has 0 saturated heterocycles. The first-order chi connectivity index (χ1) is 44.3. The summed E-state index contributed by atoms with van der Waals surface area (Å²) in [6.45, 7) is 22.4. The largest absolute Gasteiger partial charge is 0.334 e. The number of anilines is 8. The molecule has 3 heteroatoms. The van der Waals surface area contributed by atoms with E-state index in [9.17, 15) is 0 Å². The Hall–Kier alpha value is -10.2. The van der Waals surface area contributed by atoms with Crippen molar-refractivity contribution in [1.82, 2.24) is 0 Å². The molecule has 0 heterocycles. The molecule has 91 heavy (non-hydrogen) atoms. The van der Waals surface area contributed by atoms with E-state index in [4.69, 9.17) is 0 Å². The van der Waals surface area contributed by atoms with Crippen LogP contribution >= 0.6 is 0 Å². The SMILES string of the molecule is C=C/C=c1/cc(N(c2ccccc2)c2ccc(N(c3ccccc3)c3ccc4c(c3)C(C)(C)c3c-4ccc4c3C(C)(C)c3cc(N(c5ccccc5)C5C=CC(C)=CC5)c5ccccc5c3-4)cc2)cc/c1=C/C.Cc1ccc2c(c1)C=CCC2.Cc1ccccc1. The van der Waals surface area contributed by atoms with Crippen LogP contribution < -0.4 is 25.1 Å². The highest BCUT2D eigenvalue weighted by Gasteiger charge is 2.47. The molecule has 448 valence electrons. The Morgan fingerprint density at radius 2 is 1.00 bits per heavy atom. The topological polar surface area (TPSA) is 9.72 Å². The van der Waals surface area contributed by atoms with Crippen molar-refractivity contribution < 1.29 is 0 Å². The summed E-state index contributed by atoms with van der Waals surface area (Å²) in [5, 5.41) is 4.91. The van der Waals surface area contributed by atoms with Gasteiger partial charge in [-0.2, -0.15) is 0 Å². The highest BCUT2D eigenvalue weighted by molar-refractivity contribution is 6.10. The van der Waals surface area contributed by atoms with Gasteiger partial charge >= 0.3 is 0 Å². The molecular formula is C88H81N3. The van der Waals surface area contributed by atoms with E-state index >= 15 is 0 Å². The van der Waals surface area contributed by atoms with Gasteiger partial charge in [-0.15, -0.1) is 0 Å². The van der Waals surface area contributed by atoms with Crippen molar-refractivity contribution >= 4 is 74.5 Å². The van der Waals surface area contributed by atoms with Crippen LogP contribution in [0.25, 0.3) is 51.3 Å². The van der Waals surface area contributed by atoms with Crippen molar-refractivity contribution in [3.8, 4) is 22.3 Å². The van der Waals surface area contributed by atoms with Gasteiger partial charge in [-0.05, 0) is 209 Å². The van der Waals surface area contributed by atoms with Crippen molar-refractivity contribution in [2.45, 2.75) is 91.5 Å². The molecule has 1 atom stereocenters. The molecule has 0 amide bonds. The number of fused-ring (bicyclic) bond motifs is 10. The third-order valence-corrected chi connectivity index (χ3v) is 19.0. The standard InChI is InChI=1S/C70H61N3.C11H12.C7H8/c1-8-21-49-44-56(35-32-48(49)9-2)71(50-22-13-10-14-23-50)53-36-38-54(39-37-53)72(51-24-15-11-16-25-51)57-40-41-58-61-42-43-62-66-60-29-20-19-28-59(60)65(73(52-26-17-12-18-27-52)55-33-30-47(3)31-34-55)46-64(66)70(6,7)68(62)67(61)69(4,5)63(58)45-57;1-9-6-7-10-4-2-3-5-11(10)8-9;1-7-5-3-2-4-6-7/h8-33,35-46,55H,1,34H2,2-7H3;3,5-8H,2,4H2,1H3;2-6H,1H3/b48-9-,49-21-;;. The molecule has 0 fully saturated rings. The Bertz CT molecular complexity index is 4720. The van der Waals surface area contributed by atoms with Gasteiger partial charge in [0.15, 0.2) is 0 Å². The fraction of sp³-hybridized carbons (Fsp3) is 0.159. The number of aryl methyl sites for hydroxylation is 3. The average Bonchev–Trinajstić information content (AvgIpc) is 1.52. The van der Waals surface area contributed by atoms with Crippen LogP contribution in [0, 0.1) is 13.8 Å². The van der Waals surface area contributed by atoms with Gasteiger partial charge in [0, 0.05) is 61.7 Å². The summed E-state index contributed by atoms with van der Waals surface area (Å²) < 4.78 is 0. The van der Waals surface area contributed by atoms with Crippen LogP contribution in [0.4, 0.5) is 45.5 Å². The van der Waals surface area contributed by atoms with Gasteiger partial charge in [-0.25, -0.2) is 0 Å². The van der Waals surface area contributed by atoms with E-state index in [1.54, 1.807) is 0 Å². The second-order valence-corrected chi connectivity index (χ2v) is 25.7. The van der Waals surface area contributed by atoms with Crippen molar-refractivity contribution in [2.24, 2.45) is 0 Å². The lowest BCUT2D eigenvalue weighted by Gasteiger charge is -2.35. The number of hydrogen-bond acceptors (Lipinski definition) is 3. The second-order valence-electron chi connectivity index (χ2n) is 25.7. The van der Waals surface area contributed by atoms with Crippen molar-refractivity contribution in [2.75, 3.05) is 14.7 Å². The summed E-state index contributed by atoms with van der Waals surface area (Å²) in [5.74, 6) is 0. The number of para-hydroxylation sites is 3. The predicted octanol–water partition coefficient (Wildman–Crippen LogP) is 22.5. The quantitative estimate of drug-likeness (QED) is 0.135. The van der Waals surface area contributed by atoms with Crippen LogP contribution in [0.2, 0.25) is 0 Å². The zero-order valence-electron chi connectivity index (χ0n) is 54.0. The molecule has 0 aliphatic heterocycles. The molecule has 0 spiro atoms. The lowest BCUT2D eigenvalue weighted by atomic mass is 9.72. The first kappa shape index (κ1) is 59.7. The first-order valence-corrected chi connectivity index (χ1v) is 32.4. The molecule has 0 N–H and O–H groups in total. The summed E-state index contributed by atoms with van der Waals surface area (Å²) in [6, 6.07) is 89.0. The number of hydrogen-bond donors (Lipinski definition) is 0. The summed E-state index contributed by atoms with van der Waals surface area (Å²) in [6.07, 6.45) is 21.0. The van der Waals surface area contributed by atoms with Gasteiger partial charge < -0.3 is 14.7 Å². The zero-order chi connectivity index (χ0) is 62.8. The lowest BCUT2D eigenvalue weighted by molar-refractivity contribution is 0.601. The molecular weight excluding hydrogens is 1100 g/mol. The molecule has 11 aromatic rings. The van der Waals surface area contributed by atoms with Gasteiger partial charge in [0.2, 0.25) is 0 Å². The number of benzene rings is 11. The Balaban J connectivity index is 0.000000360. The van der Waals surface area contributed by atoms with Crippen LogP contribution in [0.15, 0.2) is 285 Å². The van der Waals surface area contributed by atoms with Crippen LogP contribution in [-0.4, -0.2) is 6.04 Å². The van der Waals surface area contributed by atoms with Crippen LogP contribution in [0.5, 0.6) is 0 Å². The minimum atomic E-state index is -0.285. The minimum absolute atomic E-state index is 0.195. The minimum Gasteiger partial charge on any atom is -0.334 e. The van der Waals surface area contributed by atoms with Gasteiger partial charge in [0.05, 0.1) is 6.04 Å². The molecule has 0 radical (unpaired) electrons. The molecule has 0 aromatic heterocycles. The van der Waals surface area contributed by atoms with Gasteiger partial charge in [-0.3, -0.25) is 0 Å². The second kappa shape index (κ2) is 25.3. The summed E-state index contributed by atoms with van der Waals surface area (Å²) in [7, 11) is 0. The molecule has 15 rings (SSSR count). The van der Waals surface area contributed by atoms with E-state index in [0.717, 1.165) is 45.8 Å². The Kier molecular flexibility index (Phi) is 16.6. The van der Waals surface area contributed by atoms with Crippen molar-refractivity contribution in [3.63, 3.8) is 0 Å². The van der Waals surface area contributed by atoms with Gasteiger partial charge in [-0.1, -0.05) is 251 Å². The average molecular weight is 1180 g/mol. The normalized spacial score (nSPS) is 15.3. The molecule has 0 saturated carbocycles. The fourth-order valence-corrected chi connectivity index (χ4v) is 14.5. The Labute approximate surface area is 540 Å². The highest BCUT2D eigenvalue weighted by Crippen LogP contribution is 2.61. The molecule has 4 aliphatic rings. The van der Waals surface area contributed by atoms with E-state index in [0.29, 0.717) is 0 Å². The maximum Gasteiger partial charge on any atom is 0.0560 e. The smallest absolute Gasteiger partial charge is 0.0560 e. The maximum atomic E-state index is 4.01. The summed E-state index contributed by atoms with van der Waals surface area (Å²) in [5.41, 5.74) is 26.4. The van der Waals surface area contributed by atoms with E-state index < -0.39 is 0 Å². The third-order valence-electron chi connectivity index (χ3n) is 19.0. The van der Waals surface area contributed by atoms with Gasteiger partial charge in [0.25, 0.3) is 0 Å². The first-order valence-electron chi connectivity index (χ1n) is 32.4. The number of rotatable bonds is 10. The molecule has 4 aliphatic carbocycles. The van der Waals surface area contributed by atoms with E-state index in [1.165, 1.54) is 113 Å². The zero-order valence-corrected chi connectivity index (χ0v) is 54.0. The molecule has 11 aromatic carbocycles. The van der Waals surface area contributed by atoms with E-state index in [1.807, 2.05) is 24.3 Å². The Morgan fingerprint density at radius 3 is 1.60 bits per heavy atom. The van der Waals surface area contributed by atoms with Crippen LogP contribution in [0.1, 0.15) is 98.9 Å². The predicted molar refractivity (Wildman–Crippen MR) is 392 cm³/mol. The fourth-order valence-electron chi connectivity index (χ4n) is 14.5. The van der Waals surface area contributed by atoms with E-state index in [2.05, 4.69) is 344 Å². The molecule has 3 nitrogen and oxygen atoms in total. The highest BCUT2D eigenvalue weighted by atomic mass is 15.2. The van der Waals surface area contributed by atoms with Crippen LogP contribution in [-0.2, 0) is 17.3 Å². The number of nitrogens with zero attached hydrogens (tertiary/aromatic N) is 3. The summed E-state index contributed by atoms with van der Waals surface area (Å²) in [4.78, 5) is 7.33. The monoisotopic (exact) mass is 1180 g/mol. The Morgan fingerprint density at radius 1 is 0.462 bits per heavy atom. The van der Waals surface area contributed by atoms with Crippen molar-refractivity contribution in [3.05, 3.63) is 340 Å². The van der Waals surface area contributed by atoms with Gasteiger partial charge in [0.1, 0.15) is 0 Å². The molecule has 0 bridgehead atoms. The summed E-state index contributed by atoms with van der Waals surface area (Å²) >= 11 is 0. The van der Waals surface area contributed by atoms with Crippen LogP contribution in [0.3, 0.4) is 0 Å². The van der Waals surface area contributed by atoms with Crippen molar-refractivity contribution in [1.29, 1.82) is 0 Å². The maximum absolute atomic E-state index is 4.01. The number of allylic oxidation sites excluding steroid dienone is 4. The lowest BCUT2D eigenvalue weighted by Crippen LogP contribution is -2.30.